The number of carbonyl (C=O) groups is 1. The van der Waals surface area contributed by atoms with Crippen LogP contribution in [0.5, 0.6) is 5.75 Å². The molecule has 1 unspecified atom stereocenters. The molecule has 0 radical (unpaired) electrons. The maximum Gasteiger partial charge on any atom is 0.334 e. The lowest BCUT2D eigenvalue weighted by Crippen LogP contribution is -2.48. The number of rotatable bonds is 4. The van der Waals surface area contributed by atoms with E-state index >= 15 is 0 Å². The Balaban J connectivity index is 2.36. The molecule has 1 saturated heterocycles. The van der Waals surface area contributed by atoms with Crippen molar-refractivity contribution in [1.82, 2.24) is 4.31 Å². The summed E-state index contributed by atoms with van der Waals surface area (Å²) in [5.41, 5.74) is 0. The van der Waals surface area contributed by atoms with Gasteiger partial charge in [0.15, 0.2) is 6.10 Å². The van der Waals surface area contributed by atoms with Gasteiger partial charge in [-0.1, -0.05) is 11.6 Å². The molecular formula is C12H14ClNO6S. The summed E-state index contributed by atoms with van der Waals surface area (Å²) in [5.74, 6) is -1.08. The zero-order valence-electron chi connectivity index (χ0n) is 11.2. The monoisotopic (exact) mass is 335 g/mol. The highest BCUT2D eigenvalue weighted by atomic mass is 35.5. The average molecular weight is 336 g/mol. The van der Waals surface area contributed by atoms with E-state index in [9.17, 15) is 13.2 Å². The lowest BCUT2D eigenvalue weighted by Gasteiger charge is -2.30. The van der Waals surface area contributed by atoms with E-state index in [0.717, 1.165) is 4.31 Å². The van der Waals surface area contributed by atoms with Gasteiger partial charge in [0.2, 0.25) is 10.0 Å². The number of hydrogen-bond donors (Lipinski definition) is 1. The van der Waals surface area contributed by atoms with Crippen LogP contribution in [0.4, 0.5) is 0 Å². The quantitative estimate of drug-likeness (QED) is 0.875. The van der Waals surface area contributed by atoms with Gasteiger partial charge in [-0.2, -0.15) is 4.31 Å². The molecule has 0 amide bonds. The molecule has 1 aliphatic heterocycles. The highest BCUT2D eigenvalue weighted by molar-refractivity contribution is 7.89. The van der Waals surface area contributed by atoms with Gasteiger partial charge in [0.05, 0.1) is 20.3 Å². The van der Waals surface area contributed by atoms with Gasteiger partial charge in [0, 0.05) is 17.6 Å². The molecule has 1 aliphatic rings. The minimum absolute atomic E-state index is 0.0199. The number of sulfonamides is 1. The number of hydrogen-bond acceptors (Lipinski definition) is 5. The Morgan fingerprint density at radius 2 is 2.24 bits per heavy atom. The zero-order chi connectivity index (χ0) is 15.6. The lowest BCUT2D eigenvalue weighted by molar-refractivity contribution is -0.153. The first kappa shape index (κ1) is 16.0. The fourth-order valence-corrected chi connectivity index (χ4v) is 3.71. The fourth-order valence-electron chi connectivity index (χ4n) is 1.99. The number of carboxylic acids is 1. The molecule has 1 aromatic carbocycles. The smallest absolute Gasteiger partial charge is 0.334 e. The number of aliphatic carboxylic acids is 1. The Morgan fingerprint density at radius 1 is 1.52 bits per heavy atom. The molecule has 0 saturated carbocycles. The van der Waals surface area contributed by atoms with Gasteiger partial charge in [-0.15, -0.1) is 0 Å². The molecule has 116 valence electrons. The van der Waals surface area contributed by atoms with Gasteiger partial charge in [0.25, 0.3) is 0 Å². The van der Waals surface area contributed by atoms with E-state index in [1.54, 1.807) is 0 Å². The highest BCUT2D eigenvalue weighted by Crippen LogP contribution is 2.30. The summed E-state index contributed by atoms with van der Waals surface area (Å²) in [7, 11) is -2.54. The van der Waals surface area contributed by atoms with Crippen LogP contribution in [0.2, 0.25) is 5.02 Å². The van der Waals surface area contributed by atoms with Crippen molar-refractivity contribution >= 4 is 27.6 Å². The molecule has 0 bridgehead atoms. The predicted molar refractivity (Wildman–Crippen MR) is 74.1 cm³/mol. The van der Waals surface area contributed by atoms with Crippen LogP contribution in [-0.2, 0) is 19.6 Å². The first-order valence-corrected chi connectivity index (χ1v) is 7.86. The van der Waals surface area contributed by atoms with Gasteiger partial charge in [-0.05, 0) is 12.1 Å². The Morgan fingerprint density at radius 3 is 2.86 bits per heavy atom. The number of methoxy groups -OCH3 is 1. The van der Waals surface area contributed by atoms with Crippen molar-refractivity contribution in [2.75, 3.05) is 26.8 Å². The van der Waals surface area contributed by atoms with Crippen molar-refractivity contribution in [2.24, 2.45) is 0 Å². The predicted octanol–water partition coefficient (Wildman–Crippen LogP) is 0.823. The highest BCUT2D eigenvalue weighted by Gasteiger charge is 2.35. The molecule has 1 N–H and O–H groups in total. The molecule has 1 aromatic rings. The second kappa shape index (κ2) is 6.18. The van der Waals surface area contributed by atoms with Gasteiger partial charge in [0.1, 0.15) is 10.6 Å². The molecule has 1 heterocycles. The number of carboxylic acid groups (broad SMARTS) is 1. The van der Waals surface area contributed by atoms with Crippen molar-refractivity contribution < 1.29 is 27.8 Å². The van der Waals surface area contributed by atoms with E-state index in [1.165, 1.54) is 25.3 Å². The van der Waals surface area contributed by atoms with Gasteiger partial charge in [-0.3, -0.25) is 0 Å². The third-order valence-electron chi connectivity index (χ3n) is 3.05. The van der Waals surface area contributed by atoms with Gasteiger partial charge in [-0.25, -0.2) is 13.2 Å². The van der Waals surface area contributed by atoms with Crippen molar-refractivity contribution in [3.63, 3.8) is 0 Å². The number of nitrogens with zero attached hydrogens (tertiary/aromatic N) is 1. The number of benzene rings is 1. The standard InChI is InChI=1S/C12H14ClNO6S/c1-19-9-6-8(13)2-3-11(9)21(17,18)14-4-5-20-10(7-14)12(15)16/h2-3,6,10H,4-5,7H2,1H3,(H,15,16). The molecule has 7 nitrogen and oxygen atoms in total. The number of morpholine rings is 1. The molecular weight excluding hydrogens is 322 g/mol. The summed E-state index contributed by atoms with van der Waals surface area (Å²) in [6.45, 7) is -0.145. The first-order chi connectivity index (χ1) is 9.86. The molecule has 0 spiro atoms. The van der Waals surface area contributed by atoms with Crippen LogP contribution >= 0.6 is 11.6 Å². The molecule has 9 heteroatoms. The third-order valence-corrected chi connectivity index (χ3v) is 5.19. The van der Waals surface area contributed by atoms with E-state index in [4.69, 9.17) is 26.2 Å². The molecule has 1 fully saturated rings. The SMILES string of the molecule is COc1cc(Cl)ccc1S(=O)(=O)N1CCOC(C(=O)O)C1. The molecule has 0 aliphatic carbocycles. The van der Waals surface area contributed by atoms with Gasteiger partial charge < -0.3 is 14.6 Å². The van der Waals surface area contributed by atoms with E-state index in [1.807, 2.05) is 0 Å². The first-order valence-electron chi connectivity index (χ1n) is 6.04. The summed E-state index contributed by atoms with van der Waals surface area (Å²) in [6.07, 6.45) is -1.17. The Bertz CT molecular complexity index is 647. The molecule has 1 atom stereocenters. The van der Waals surface area contributed by atoms with Gasteiger partial charge >= 0.3 is 5.97 Å². The van der Waals surface area contributed by atoms with Crippen LogP contribution in [0.15, 0.2) is 23.1 Å². The fraction of sp³-hybridized carbons (Fsp3) is 0.417. The summed E-state index contributed by atoms with van der Waals surface area (Å²) in [6, 6.07) is 4.16. The second-order valence-corrected chi connectivity index (χ2v) is 6.70. The summed E-state index contributed by atoms with van der Waals surface area (Å²) in [4.78, 5) is 10.9. The van der Waals surface area contributed by atoms with E-state index in [2.05, 4.69) is 0 Å². The normalized spacial score (nSPS) is 20.2. The number of ether oxygens (including phenoxy) is 2. The van der Waals surface area contributed by atoms with Crippen molar-refractivity contribution in [3.8, 4) is 5.75 Å². The summed E-state index contributed by atoms with van der Waals surface area (Å²) >= 11 is 5.81. The van der Waals surface area contributed by atoms with Crippen LogP contribution in [0.1, 0.15) is 0 Å². The maximum atomic E-state index is 12.6. The van der Waals surface area contributed by atoms with E-state index in [-0.39, 0.29) is 30.3 Å². The van der Waals surface area contributed by atoms with Crippen LogP contribution < -0.4 is 4.74 Å². The second-order valence-electron chi connectivity index (χ2n) is 4.36. The number of halogens is 1. The molecule has 2 rings (SSSR count). The largest absolute Gasteiger partial charge is 0.495 e. The van der Waals surface area contributed by atoms with Crippen LogP contribution in [0.3, 0.4) is 0 Å². The third kappa shape index (κ3) is 3.29. The Kier molecular flexibility index (Phi) is 4.72. The molecule has 21 heavy (non-hydrogen) atoms. The topological polar surface area (TPSA) is 93.1 Å². The Hall–Kier alpha value is -1.35. The van der Waals surface area contributed by atoms with Crippen LogP contribution in [0, 0.1) is 0 Å². The zero-order valence-corrected chi connectivity index (χ0v) is 12.7. The van der Waals surface area contributed by atoms with Crippen molar-refractivity contribution in [2.45, 2.75) is 11.0 Å². The van der Waals surface area contributed by atoms with E-state index in [0.29, 0.717) is 5.02 Å². The summed E-state index contributed by atoms with van der Waals surface area (Å²) in [5, 5.41) is 9.28. The maximum absolute atomic E-state index is 12.6. The van der Waals surface area contributed by atoms with E-state index < -0.39 is 22.1 Å². The minimum Gasteiger partial charge on any atom is -0.495 e. The van der Waals surface area contributed by atoms with Crippen LogP contribution in [-0.4, -0.2) is 56.7 Å². The average Bonchev–Trinajstić information content (AvgIpc) is 2.46. The minimum atomic E-state index is -3.88. The lowest BCUT2D eigenvalue weighted by atomic mass is 10.3. The molecule has 0 aromatic heterocycles. The Labute approximate surface area is 127 Å². The summed E-state index contributed by atoms with van der Waals surface area (Å²) < 4.78 is 36.3. The van der Waals surface area contributed by atoms with Crippen molar-refractivity contribution in [3.05, 3.63) is 23.2 Å². The van der Waals surface area contributed by atoms with Crippen molar-refractivity contribution in [1.29, 1.82) is 0 Å². The van der Waals surface area contributed by atoms with Crippen LogP contribution in [0.25, 0.3) is 0 Å².